The Morgan fingerprint density at radius 3 is 2.40 bits per heavy atom. The Morgan fingerprint density at radius 1 is 1.25 bits per heavy atom. The van der Waals surface area contributed by atoms with Crippen molar-refractivity contribution in [2.24, 2.45) is 0 Å². The molecular weight excluding hydrogens is 288 g/mol. The van der Waals surface area contributed by atoms with Gasteiger partial charge in [0.05, 0.1) is 26.2 Å². The number of carbonyl (C=O) groups excluding carboxylic acids is 2. The van der Waals surface area contributed by atoms with E-state index in [0.717, 1.165) is 7.11 Å². The Kier molecular flexibility index (Phi) is 5.23. The molecule has 1 aromatic carbocycles. The van der Waals surface area contributed by atoms with Gasteiger partial charge in [-0.3, -0.25) is 9.35 Å². The van der Waals surface area contributed by atoms with E-state index in [-0.39, 0.29) is 11.1 Å². The van der Waals surface area contributed by atoms with Crippen molar-refractivity contribution < 1.29 is 32.0 Å². The minimum absolute atomic E-state index is 0.0980. The van der Waals surface area contributed by atoms with Crippen molar-refractivity contribution in [3.05, 3.63) is 35.4 Å². The van der Waals surface area contributed by atoms with Crippen molar-refractivity contribution in [1.29, 1.82) is 0 Å². The average Bonchev–Trinajstić information content (AvgIpc) is 2.42. The average molecular weight is 302 g/mol. The lowest BCUT2D eigenvalue weighted by Gasteiger charge is -2.13. The fraction of sp³-hybridized carbons (Fsp3) is 0.333. The maximum atomic E-state index is 11.4. The van der Waals surface area contributed by atoms with Crippen LogP contribution in [-0.2, 0) is 24.4 Å². The van der Waals surface area contributed by atoms with E-state index in [1.807, 2.05) is 0 Å². The highest BCUT2D eigenvalue weighted by atomic mass is 32.2. The van der Waals surface area contributed by atoms with E-state index >= 15 is 0 Å². The molecule has 0 spiro atoms. The Hall–Kier alpha value is -1.93. The van der Waals surface area contributed by atoms with Crippen LogP contribution >= 0.6 is 0 Å². The number of carbonyl (C=O) groups is 2. The summed E-state index contributed by atoms with van der Waals surface area (Å²) in [7, 11) is -2.24. The zero-order valence-corrected chi connectivity index (χ0v) is 11.7. The first-order chi connectivity index (χ1) is 9.29. The van der Waals surface area contributed by atoms with E-state index in [1.54, 1.807) is 0 Å². The predicted molar refractivity (Wildman–Crippen MR) is 68.7 cm³/mol. The molecule has 0 heterocycles. The van der Waals surface area contributed by atoms with E-state index in [4.69, 9.17) is 0 Å². The molecule has 0 bridgehead atoms. The number of hydrogen-bond donors (Lipinski definition) is 1. The van der Waals surface area contributed by atoms with E-state index in [2.05, 4.69) is 9.47 Å². The third-order valence-electron chi connectivity index (χ3n) is 2.62. The molecule has 0 saturated carbocycles. The molecule has 0 fully saturated rings. The normalized spacial score (nSPS) is 12.6. The summed E-state index contributed by atoms with van der Waals surface area (Å²) in [6, 6.07) is 5.48. The van der Waals surface area contributed by atoms with Crippen LogP contribution in [0.2, 0.25) is 0 Å². The van der Waals surface area contributed by atoms with Crippen LogP contribution in [0.4, 0.5) is 0 Å². The van der Waals surface area contributed by atoms with Gasteiger partial charge in [0, 0.05) is 0 Å². The van der Waals surface area contributed by atoms with Gasteiger partial charge in [0.2, 0.25) is 0 Å². The van der Waals surface area contributed by atoms with Crippen molar-refractivity contribution in [3.63, 3.8) is 0 Å². The molecule has 0 radical (unpaired) electrons. The first-order valence-corrected chi connectivity index (χ1v) is 7.01. The molecule has 0 aliphatic rings. The topological polar surface area (TPSA) is 107 Å². The summed E-state index contributed by atoms with van der Waals surface area (Å²) >= 11 is 0. The van der Waals surface area contributed by atoms with E-state index in [0.29, 0.717) is 0 Å². The number of methoxy groups -OCH3 is 2. The molecule has 20 heavy (non-hydrogen) atoms. The van der Waals surface area contributed by atoms with E-state index < -0.39 is 33.7 Å². The Balaban J connectivity index is 3.21. The van der Waals surface area contributed by atoms with Crippen molar-refractivity contribution in [3.8, 4) is 0 Å². The Bertz CT molecular complexity index is 606. The van der Waals surface area contributed by atoms with Gasteiger partial charge in [-0.15, -0.1) is 0 Å². The van der Waals surface area contributed by atoms with Gasteiger partial charge in [-0.25, -0.2) is 4.79 Å². The van der Waals surface area contributed by atoms with Crippen LogP contribution in [0.3, 0.4) is 0 Å². The lowest BCUT2D eigenvalue weighted by Crippen LogP contribution is -2.18. The monoisotopic (exact) mass is 302 g/mol. The molecule has 110 valence electrons. The molecule has 1 rings (SSSR count). The van der Waals surface area contributed by atoms with Gasteiger partial charge < -0.3 is 9.47 Å². The SMILES string of the molecule is COC(=O)CC(c1cccc(C(=O)OC)c1)S(=O)(=O)O. The number of rotatable bonds is 5. The van der Waals surface area contributed by atoms with Gasteiger partial charge in [-0.2, -0.15) is 8.42 Å². The quantitative estimate of drug-likeness (QED) is 0.637. The summed E-state index contributed by atoms with van der Waals surface area (Å²) < 4.78 is 40.8. The largest absolute Gasteiger partial charge is 0.469 e. The minimum Gasteiger partial charge on any atom is -0.469 e. The molecule has 1 unspecified atom stereocenters. The molecular formula is C12H14O7S. The van der Waals surface area contributed by atoms with Crippen LogP contribution in [0.25, 0.3) is 0 Å². The van der Waals surface area contributed by atoms with Crippen molar-refractivity contribution in [2.75, 3.05) is 14.2 Å². The second kappa shape index (κ2) is 6.49. The van der Waals surface area contributed by atoms with Crippen LogP contribution in [0, 0.1) is 0 Å². The Labute approximate surface area is 116 Å². The van der Waals surface area contributed by atoms with Crippen LogP contribution < -0.4 is 0 Å². The highest BCUT2D eigenvalue weighted by Gasteiger charge is 2.29. The van der Waals surface area contributed by atoms with Crippen LogP contribution in [0.5, 0.6) is 0 Å². The molecule has 7 nitrogen and oxygen atoms in total. The molecule has 1 N–H and O–H groups in total. The molecule has 8 heteroatoms. The third-order valence-corrected chi connectivity index (χ3v) is 3.78. The molecule has 0 aliphatic heterocycles. The van der Waals surface area contributed by atoms with Crippen LogP contribution in [0.1, 0.15) is 27.6 Å². The highest BCUT2D eigenvalue weighted by molar-refractivity contribution is 7.86. The van der Waals surface area contributed by atoms with Gasteiger partial charge in [-0.1, -0.05) is 12.1 Å². The van der Waals surface area contributed by atoms with Gasteiger partial charge >= 0.3 is 11.9 Å². The smallest absolute Gasteiger partial charge is 0.337 e. The lowest BCUT2D eigenvalue weighted by molar-refractivity contribution is -0.140. The zero-order valence-electron chi connectivity index (χ0n) is 10.9. The molecule has 1 atom stereocenters. The summed E-state index contributed by atoms with van der Waals surface area (Å²) in [4.78, 5) is 22.6. The fourth-order valence-electron chi connectivity index (χ4n) is 1.61. The molecule has 0 aliphatic carbocycles. The van der Waals surface area contributed by atoms with Crippen molar-refractivity contribution >= 4 is 22.1 Å². The lowest BCUT2D eigenvalue weighted by atomic mass is 10.1. The number of benzene rings is 1. The van der Waals surface area contributed by atoms with Gasteiger partial charge in [0.1, 0.15) is 5.25 Å². The molecule has 0 amide bonds. The second-order valence-electron chi connectivity index (χ2n) is 3.90. The zero-order chi connectivity index (χ0) is 15.3. The standard InChI is InChI=1S/C12H14O7S/c1-18-11(13)7-10(20(15,16)17)8-4-3-5-9(6-8)12(14)19-2/h3-6,10H,7H2,1-2H3,(H,15,16,17). The first kappa shape index (κ1) is 16.1. The van der Waals surface area contributed by atoms with Gasteiger partial charge in [0.25, 0.3) is 10.1 Å². The highest BCUT2D eigenvalue weighted by Crippen LogP contribution is 2.26. The maximum Gasteiger partial charge on any atom is 0.337 e. The summed E-state index contributed by atoms with van der Waals surface area (Å²) in [5.41, 5.74) is 0.212. The summed E-state index contributed by atoms with van der Waals surface area (Å²) in [5, 5.41) is -1.50. The summed E-state index contributed by atoms with van der Waals surface area (Å²) in [6.07, 6.45) is -0.556. The van der Waals surface area contributed by atoms with E-state index in [1.165, 1.54) is 31.4 Å². The maximum absolute atomic E-state index is 11.4. The third kappa shape index (κ3) is 4.04. The van der Waals surface area contributed by atoms with Crippen LogP contribution in [-0.4, -0.2) is 39.1 Å². The molecule has 0 aromatic heterocycles. The van der Waals surface area contributed by atoms with Gasteiger partial charge in [0.15, 0.2) is 0 Å². The van der Waals surface area contributed by atoms with Gasteiger partial charge in [-0.05, 0) is 17.7 Å². The van der Waals surface area contributed by atoms with Crippen LogP contribution in [0.15, 0.2) is 24.3 Å². The number of ether oxygens (including phenoxy) is 2. The molecule has 0 saturated heterocycles. The predicted octanol–water partition coefficient (Wildman–Crippen LogP) is 0.965. The second-order valence-corrected chi connectivity index (χ2v) is 5.50. The van der Waals surface area contributed by atoms with Crippen molar-refractivity contribution in [1.82, 2.24) is 0 Å². The Morgan fingerprint density at radius 2 is 1.90 bits per heavy atom. The van der Waals surface area contributed by atoms with E-state index in [9.17, 15) is 22.6 Å². The number of esters is 2. The minimum atomic E-state index is -4.53. The first-order valence-electron chi connectivity index (χ1n) is 5.51. The fourth-order valence-corrected chi connectivity index (χ4v) is 2.45. The van der Waals surface area contributed by atoms with Crippen molar-refractivity contribution in [2.45, 2.75) is 11.7 Å². The summed E-state index contributed by atoms with van der Waals surface area (Å²) in [5.74, 6) is -1.45. The number of hydrogen-bond acceptors (Lipinski definition) is 6. The molecule has 1 aromatic rings. The summed E-state index contributed by atoms with van der Waals surface area (Å²) in [6.45, 7) is 0.